The summed E-state index contributed by atoms with van der Waals surface area (Å²) < 4.78 is 13.5. The Hall–Kier alpha value is -0.930. The molecule has 2 rings (SSSR count). The maximum absolute atomic E-state index is 13.5. The molecule has 1 aromatic rings. The van der Waals surface area contributed by atoms with Crippen LogP contribution in [0.2, 0.25) is 0 Å². The maximum Gasteiger partial charge on any atom is 0.126 e. The lowest BCUT2D eigenvalue weighted by Gasteiger charge is -2.35. The Morgan fingerprint density at radius 3 is 2.95 bits per heavy atom. The molecule has 1 saturated heterocycles. The number of benzene rings is 1. The summed E-state index contributed by atoms with van der Waals surface area (Å²) in [5.41, 5.74) is 0.811. The first kappa shape index (κ1) is 15.5. The van der Waals surface area contributed by atoms with E-state index < -0.39 is 0 Å². The fourth-order valence-corrected chi connectivity index (χ4v) is 3.09. The third kappa shape index (κ3) is 4.29. The van der Waals surface area contributed by atoms with E-state index in [2.05, 4.69) is 24.1 Å². The van der Waals surface area contributed by atoms with Gasteiger partial charge < -0.3 is 10.2 Å². The molecule has 3 heteroatoms. The molecule has 0 bridgehead atoms. The fraction of sp³-hybridized carbons (Fsp3) is 0.647. The summed E-state index contributed by atoms with van der Waals surface area (Å²) in [6.45, 7) is 8.95. The Bertz CT molecular complexity index is 408. The van der Waals surface area contributed by atoms with Gasteiger partial charge in [-0.1, -0.05) is 25.1 Å². The molecule has 0 amide bonds. The zero-order valence-corrected chi connectivity index (χ0v) is 12.7. The second-order valence-electron chi connectivity index (χ2n) is 5.88. The molecule has 0 radical (unpaired) electrons. The highest BCUT2D eigenvalue weighted by molar-refractivity contribution is 5.17. The Morgan fingerprint density at radius 1 is 1.40 bits per heavy atom. The van der Waals surface area contributed by atoms with E-state index in [4.69, 9.17) is 0 Å². The van der Waals surface area contributed by atoms with Crippen LogP contribution in [-0.2, 0) is 6.42 Å². The summed E-state index contributed by atoms with van der Waals surface area (Å²) in [5.74, 6) is 0.640. The third-order valence-electron chi connectivity index (χ3n) is 4.51. The molecule has 1 aromatic carbocycles. The van der Waals surface area contributed by atoms with Gasteiger partial charge in [0, 0.05) is 12.6 Å². The Kier molecular flexibility index (Phi) is 5.99. The van der Waals surface area contributed by atoms with Crippen LogP contribution in [0, 0.1) is 11.7 Å². The van der Waals surface area contributed by atoms with Gasteiger partial charge in [-0.2, -0.15) is 0 Å². The fourth-order valence-electron chi connectivity index (χ4n) is 3.09. The third-order valence-corrected chi connectivity index (χ3v) is 4.51. The highest BCUT2D eigenvalue weighted by Gasteiger charge is 2.23. The molecule has 112 valence electrons. The van der Waals surface area contributed by atoms with Crippen molar-refractivity contribution in [1.29, 1.82) is 0 Å². The van der Waals surface area contributed by atoms with Crippen LogP contribution >= 0.6 is 0 Å². The summed E-state index contributed by atoms with van der Waals surface area (Å²) in [5, 5.41) is 3.58. The number of halogens is 1. The average molecular weight is 278 g/mol. The number of likely N-dealkylation sites (tertiary alicyclic amines) is 1. The molecule has 0 aliphatic carbocycles. The lowest BCUT2D eigenvalue weighted by molar-refractivity contribution is 0.157. The van der Waals surface area contributed by atoms with Crippen LogP contribution in [0.4, 0.5) is 4.39 Å². The summed E-state index contributed by atoms with van der Waals surface area (Å²) >= 11 is 0. The van der Waals surface area contributed by atoms with Crippen molar-refractivity contribution in [2.24, 2.45) is 5.92 Å². The number of nitrogens with zero attached hydrogens (tertiary/aromatic N) is 1. The topological polar surface area (TPSA) is 15.3 Å². The predicted molar refractivity (Wildman–Crippen MR) is 82.4 cm³/mol. The van der Waals surface area contributed by atoms with Gasteiger partial charge in [-0.3, -0.25) is 0 Å². The van der Waals surface area contributed by atoms with Crippen molar-refractivity contribution in [2.45, 2.75) is 39.2 Å². The molecule has 0 spiro atoms. The molecule has 2 atom stereocenters. The molecule has 1 heterocycles. The second-order valence-corrected chi connectivity index (χ2v) is 5.88. The molecule has 20 heavy (non-hydrogen) atoms. The van der Waals surface area contributed by atoms with Gasteiger partial charge in [-0.05, 0) is 63.4 Å². The van der Waals surface area contributed by atoms with E-state index in [0.717, 1.165) is 31.0 Å². The second kappa shape index (κ2) is 7.75. The first-order valence-corrected chi connectivity index (χ1v) is 7.90. The monoisotopic (exact) mass is 278 g/mol. The molecule has 0 saturated carbocycles. The van der Waals surface area contributed by atoms with E-state index in [1.807, 2.05) is 12.1 Å². The SMILES string of the molecule is CCN1CCCC(C(C)NCCc2ccccc2F)C1. The van der Waals surface area contributed by atoms with E-state index >= 15 is 0 Å². The van der Waals surface area contributed by atoms with Crippen LogP contribution in [0.15, 0.2) is 24.3 Å². The largest absolute Gasteiger partial charge is 0.314 e. The molecule has 1 fully saturated rings. The van der Waals surface area contributed by atoms with E-state index in [9.17, 15) is 4.39 Å². The Labute approximate surface area is 122 Å². The summed E-state index contributed by atoms with van der Waals surface area (Å²) in [7, 11) is 0. The minimum atomic E-state index is -0.0863. The maximum atomic E-state index is 13.5. The van der Waals surface area contributed by atoms with E-state index in [0.29, 0.717) is 6.04 Å². The quantitative estimate of drug-likeness (QED) is 0.860. The summed E-state index contributed by atoms with van der Waals surface area (Å²) in [6.07, 6.45) is 3.38. The number of hydrogen-bond acceptors (Lipinski definition) is 2. The molecule has 2 unspecified atom stereocenters. The van der Waals surface area contributed by atoms with Crippen molar-refractivity contribution >= 4 is 0 Å². The van der Waals surface area contributed by atoms with Crippen LogP contribution in [0.1, 0.15) is 32.3 Å². The van der Waals surface area contributed by atoms with Gasteiger partial charge in [0.15, 0.2) is 0 Å². The van der Waals surface area contributed by atoms with E-state index in [-0.39, 0.29) is 5.82 Å². The van der Waals surface area contributed by atoms with Gasteiger partial charge in [-0.25, -0.2) is 4.39 Å². The first-order valence-electron chi connectivity index (χ1n) is 7.90. The molecule has 2 nitrogen and oxygen atoms in total. The Balaban J connectivity index is 1.75. The van der Waals surface area contributed by atoms with Gasteiger partial charge >= 0.3 is 0 Å². The van der Waals surface area contributed by atoms with Gasteiger partial charge in [0.2, 0.25) is 0 Å². The van der Waals surface area contributed by atoms with E-state index in [1.54, 1.807) is 12.1 Å². The summed E-state index contributed by atoms with van der Waals surface area (Å²) in [6, 6.07) is 7.58. The lowest BCUT2D eigenvalue weighted by atomic mass is 9.91. The van der Waals surface area contributed by atoms with Crippen molar-refractivity contribution in [3.05, 3.63) is 35.6 Å². The standard InChI is InChI=1S/C17H27FN2/c1-3-20-12-6-8-16(13-20)14(2)19-11-10-15-7-4-5-9-17(15)18/h4-5,7,9,14,16,19H,3,6,8,10-13H2,1-2H3. The van der Waals surface area contributed by atoms with Crippen LogP contribution in [0.25, 0.3) is 0 Å². The zero-order chi connectivity index (χ0) is 14.4. The number of hydrogen-bond donors (Lipinski definition) is 1. The van der Waals surface area contributed by atoms with Crippen LogP contribution in [0.5, 0.6) is 0 Å². The molecular weight excluding hydrogens is 251 g/mol. The van der Waals surface area contributed by atoms with Gasteiger partial charge in [0.05, 0.1) is 0 Å². The number of rotatable bonds is 6. The minimum Gasteiger partial charge on any atom is -0.314 e. The first-order chi connectivity index (χ1) is 9.70. The van der Waals surface area contributed by atoms with Crippen molar-refractivity contribution in [3.8, 4) is 0 Å². The molecular formula is C17H27FN2. The molecule has 1 aliphatic rings. The van der Waals surface area contributed by atoms with E-state index in [1.165, 1.54) is 25.9 Å². The van der Waals surface area contributed by atoms with Gasteiger partial charge in [-0.15, -0.1) is 0 Å². The lowest BCUT2D eigenvalue weighted by Crippen LogP contribution is -2.44. The number of piperidine rings is 1. The van der Waals surface area contributed by atoms with Crippen molar-refractivity contribution in [1.82, 2.24) is 10.2 Å². The normalized spacial score (nSPS) is 21.9. The average Bonchev–Trinajstić information content (AvgIpc) is 2.49. The predicted octanol–water partition coefficient (Wildman–Crippen LogP) is 3.08. The Morgan fingerprint density at radius 2 is 2.20 bits per heavy atom. The summed E-state index contributed by atoms with van der Waals surface area (Å²) in [4.78, 5) is 2.53. The highest BCUT2D eigenvalue weighted by atomic mass is 19.1. The minimum absolute atomic E-state index is 0.0863. The zero-order valence-electron chi connectivity index (χ0n) is 12.7. The van der Waals surface area contributed by atoms with Crippen LogP contribution < -0.4 is 5.32 Å². The van der Waals surface area contributed by atoms with Crippen molar-refractivity contribution in [3.63, 3.8) is 0 Å². The van der Waals surface area contributed by atoms with Crippen molar-refractivity contribution < 1.29 is 4.39 Å². The van der Waals surface area contributed by atoms with Crippen LogP contribution in [0.3, 0.4) is 0 Å². The smallest absolute Gasteiger partial charge is 0.126 e. The van der Waals surface area contributed by atoms with Crippen molar-refractivity contribution in [2.75, 3.05) is 26.2 Å². The van der Waals surface area contributed by atoms with Crippen LogP contribution in [-0.4, -0.2) is 37.1 Å². The molecule has 0 aromatic heterocycles. The molecule has 1 N–H and O–H groups in total. The molecule has 1 aliphatic heterocycles. The highest BCUT2D eigenvalue weighted by Crippen LogP contribution is 2.19. The number of nitrogens with one attached hydrogen (secondary N) is 1. The van der Waals surface area contributed by atoms with Gasteiger partial charge in [0.1, 0.15) is 5.82 Å². The van der Waals surface area contributed by atoms with Gasteiger partial charge in [0.25, 0.3) is 0 Å².